The molecular weight excluding hydrogens is 513 g/mol. The summed E-state index contributed by atoms with van der Waals surface area (Å²) in [5.74, 6) is 0.940. The normalized spacial score (nSPS) is 16.4. The molecule has 1 aliphatic rings. The molecule has 7 nitrogen and oxygen atoms in total. The molecule has 0 aliphatic carbocycles. The first kappa shape index (κ1) is 24.3. The molecule has 3 aromatic heterocycles. The zero-order valence-corrected chi connectivity index (χ0v) is 23.1. The highest BCUT2D eigenvalue weighted by atomic mass is 16.7. The Morgan fingerprint density at radius 3 is 1.44 bits per heavy atom. The third-order valence-corrected chi connectivity index (χ3v) is 8.41. The van der Waals surface area contributed by atoms with Crippen molar-refractivity contribution < 1.29 is 18.1 Å². The topological polar surface area (TPSA) is 83.4 Å². The van der Waals surface area contributed by atoms with Crippen LogP contribution in [0.5, 0.6) is 0 Å². The maximum absolute atomic E-state index is 6.38. The van der Waals surface area contributed by atoms with E-state index in [2.05, 4.69) is 24.3 Å². The number of hydrogen-bond donors (Lipinski definition) is 0. The monoisotopic (exact) mass is 539 g/mol. The Hall–Kier alpha value is -4.53. The van der Waals surface area contributed by atoms with Crippen LogP contribution in [0.25, 0.3) is 66.7 Å². The van der Waals surface area contributed by atoms with Gasteiger partial charge < -0.3 is 18.1 Å². The molecule has 1 fully saturated rings. The van der Waals surface area contributed by atoms with Crippen LogP contribution in [0.1, 0.15) is 27.7 Å². The van der Waals surface area contributed by atoms with Gasteiger partial charge in [0.1, 0.15) is 22.3 Å². The Labute approximate surface area is 236 Å². The summed E-state index contributed by atoms with van der Waals surface area (Å²) in [6.45, 7) is 8.06. The van der Waals surface area contributed by atoms with Crippen LogP contribution in [-0.4, -0.2) is 33.3 Å². The average molecular weight is 539 g/mol. The van der Waals surface area contributed by atoms with Crippen molar-refractivity contribution in [2.45, 2.75) is 38.9 Å². The first-order chi connectivity index (χ1) is 19.8. The molecule has 0 unspecified atom stereocenters. The maximum atomic E-state index is 6.38. The highest BCUT2D eigenvalue weighted by Crippen LogP contribution is 2.39. The van der Waals surface area contributed by atoms with Crippen molar-refractivity contribution in [1.82, 2.24) is 15.0 Å². The van der Waals surface area contributed by atoms with Crippen molar-refractivity contribution in [2.24, 2.45) is 0 Å². The average Bonchev–Trinajstić information content (AvgIpc) is 3.61. The van der Waals surface area contributed by atoms with Crippen LogP contribution in [0.4, 0.5) is 0 Å². The molecule has 4 heterocycles. The molecule has 0 spiro atoms. The van der Waals surface area contributed by atoms with Gasteiger partial charge >= 0.3 is 7.12 Å². The molecule has 0 bridgehead atoms. The van der Waals surface area contributed by atoms with E-state index in [0.717, 1.165) is 43.8 Å². The zero-order valence-electron chi connectivity index (χ0n) is 23.1. The summed E-state index contributed by atoms with van der Waals surface area (Å²) in [4.78, 5) is 14.9. The van der Waals surface area contributed by atoms with Gasteiger partial charge in [-0.2, -0.15) is 0 Å². The van der Waals surface area contributed by atoms with Gasteiger partial charge in [-0.25, -0.2) is 15.0 Å². The van der Waals surface area contributed by atoms with Gasteiger partial charge in [-0.05, 0) is 52.0 Å². The number of hydrogen-bond acceptors (Lipinski definition) is 7. The number of rotatable bonds is 3. The lowest BCUT2D eigenvalue weighted by Gasteiger charge is -2.32. The highest BCUT2D eigenvalue weighted by Gasteiger charge is 2.53. The van der Waals surface area contributed by atoms with E-state index in [9.17, 15) is 0 Å². The van der Waals surface area contributed by atoms with Crippen molar-refractivity contribution in [2.75, 3.05) is 0 Å². The van der Waals surface area contributed by atoms with Gasteiger partial charge in [-0.15, -0.1) is 0 Å². The van der Waals surface area contributed by atoms with Crippen molar-refractivity contribution in [3.63, 3.8) is 0 Å². The number of para-hydroxylation sites is 4. The second-order valence-electron chi connectivity index (χ2n) is 11.5. The van der Waals surface area contributed by atoms with Gasteiger partial charge in [0.15, 0.2) is 17.4 Å². The Kier molecular flexibility index (Phi) is 5.03. The van der Waals surface area contributed by atoms with E-state index < -0.39 is 18.3 Å². The predicted octanol–water partition coefficient (Wildman–Crippen LogP) is 7.30. The second-order valence-corrected chi connectivity index (χ2v) is 11.5. The van der Waals surface area contributed by atoms with Gasteiger partial charge in [0.25, 0.3) is 0 Å². The molecule has 1 aliphatic heterocycles. The lowest BCUT2D eigenvalue weighted by Crippen LogP contribution is -2.41. The molecule has 0 N–H and O–H groups in total. The molecule has 7 aromatic rings. The van der Waals surface area contributed by atoms with Crippen molar-refractivity contribution >= 4 is 56.7 Å². The minimum absolute atomic E-state index is 0.393. The van der Waals surface area contributed by atoms with Gasteiger partial charge in [-0.3, -0.25) is 0 Å². The molecular formula is C33H26BN3O4. The number of nitrogens with zero attached hydrogens (tertiary/aromatic N) is 3. The van der Waals surface area contributed by atoms with Crippen molar-refractivity contribution in [3.8, 4) is 22.8 Å². The van der Waals surface area contributed by atoms with E-state index in [1.165, 1.54) is 0 Å². The largest absolute Gasteiger partial charge is 0.534 e. The quantitative estimate of drug-likeness (QED) is 0.218. The summed E-state index contributed by atoms with van der Waals surface area (Å²) in [5.41, 5.74) is 3.86. The van der Waals surface area contributed by atoms with E-state index in [0.29, 0.717) is 28.5 Å². The second kappa shape index (κ2) is 8.49. The van der Waals surface area contributed by atoms with Gasteiger partial charge in [0.2, 0.25) is 0 Å². The molecule has 41 heavy (non-hydrogen) atoms. The third-order valence-electron chi connectivity index (χ3n) is 8.41. The molecule has 0 atom stereocenters. The molecule has 8 heteroatoms. The molecule has 0 amide bonds. The fraction of sp³-hybridized carbons (Fsp3) is 0.182. The van der Waals surface area contributed by atoms with Crippen LogP contribution < -0.4 is 5.72 Å². The Morgan fingerprint density at radius 2 is 0.951 bits per heavy atom. The predicted molar refractivity (Wildman–Crippen MR) is 161 cm³/mol. The summed E-state index contributed by atoms with van der Waals surface area (Å²) >= 11 is 0. The molecule has 0 saturated carbocycles. The number of furan rings is 2. The van der Waals surface area contributed by atoms with E-state index in [1.807, 2.05) is 88.4 Å². The van der Waals surface area contributed by atoms with E-state index in [-0.39, 0.29) is 0 Å². The number of aromatic nitrogens is 3. The Morgan fingerprint density at radius 1 is 0.512 bits per heavy atom. The molecule has 0 radical (unpaired) electrons. The van der Waals surface area contributed by atoms with Gasteiger partial charge in [0, 0.05) is 21.5 Å². The Bertz CT molecular complexity index is 2000. The molecule has 8 rings (SSSR count). The van der Waals surface area contributed by atoms with Crippen LogP contribution in [0.3, 0.4) is 0 Å². The van der Waals surface area contributed by atoms with E-state index >= 15 is 0 Å². The summed E-state index contributed by atoms with van der Waals surface area (Å²) < 4.78 is 25.4. The summed E-state index contributed by atoms with van der Waals surface area (Å²) in [5, 5.41) is 4.07. The third kappa shape index (κ3) is 3.64. The first-order valence-corrected chi connectivity index (χ1v) is 13.7. The SMILES string of the molecule is CC1(C)OB(c2nc(-c3cccc4c3oc3ccccc34)nc(-c3cccc4c3oc3ccccc34)n2)OC1(C)C. The fourth-order valence-corrected chi connectivity index (χ4v) is 5.53. The van der Waals surface area contributed by atoms with E-state index in [1.54, 1.807) is 0 Å². The van der Waals surface area contributed by atoms with Crippen LogP contribution in [0.15, 0.2) is 93.8 Å². The molecule has 4 aromatic carbocycles. The summed E-state index contributed by atoms with van der Waals surface area (Å²) in [6.07, 6.45) is 0. The lowest BCUT2D eigenvalue weighted by molar-refractivity contribution is 0.00578. The highest BCUT2D eigenvalue weighted by molar-refractivity contribution is 6.60. The van der Waals surface area contributed by atoms with Crippen LogP contribution in [0, 0.1) is 0 Å². The first-order valence-electron chi connectivity index (χ1n) is 13.7. The van der Waals surface area contributed by atoms with Gasteiger partial charge in [-0.1, -0.05) is 60.7 Å². The van der Waals surface area contributed by atoms with Crippen LogP contribution in [0.2, 0.25) is 0 Å². The number of benzene rings is 4. The minimum Gasteiger partial charge on any atom is -0.455 e. The zero-order chi connectivity index (χ0) is 27.9. The van der Waals surface area contributed by atoms with Crippen LogP contribution in [-0.2, 0) is 9.31 Å². The molecule has 200 valence electrons. The van der Waals surface area contributed by atoms with Crippen LogP contribution >= 0.6 is 0 Å². The fourth-order valence-electron chi connectivity index (χ4n) is 5.53. The van der Waals surface area contributed by atoms with Crippen molar-refractivity contribution in [1.29, 1.82) is 0 Å². The Balaban J connectivity index is 1.39. The minimum atomic E-state index is -0.773. The van der Waals surface area contributed by atoms with Crippen molar-refractivity contribution in [3.05, 3.63) is 84.9 Å². The standard InChI is InChI=1S/C33H26BN3O4/c1-32(2)33(3,4)41-34(40-32)31-36-29(23-15-9-13-21-19-11-5-7-17-25(19)38-27(21)23)35-30(37-31)24-16-10-14-22-20-12-6-8-18-26(20)39-28(22)24/h5-18H,1-4H3. The number of fused-ring (bicyclic) bond motifs is 6. The lowest BCUT2D eigenvalue weighted by atomic mass is 9.88. The van der Waals surface area contributed by atoms with Gasteiger partial charge in [0.05, 0.1) is 22.3 Å². The smallest absolute Gasteiger partial charge is 0.455 e. The van der Waals surface area contributed by atoms with E-state index in [4.69, 9.17) is 33.1 Å². The summed E-state index contributed by atoms with van der Waals surface area (Å²) in [7, 11) is -0.773. The molecule has 1 saturated heterocycles. The summed E-state index contributed by atoms with van der Waals surface area (Å²) in [6, 6.07) is 28.1. The maximum Gasteiger partial charge on any atom is 0.534 e.